The average molecular weight is 292 g/mol. The lowest BCUT2D eigenvalue weighted by Gasteiger charge is -2.15. The molecule has 0 aliphatic rings. The summed E-state index contributed by atoms with van der Waals surface area (Å²) in [6.45, 7) is 3.19. The van der Waals surface area contributed by atoms with Gasteiger partial charge in [0.25, 0.3) is 0 Å². The van der Waals surface area contributed by atoms with Gasteiger partial charge in [0.1, 0.15) is 0 Å². The number of rotatable bonds is 8. The first-order chi connectivity index (χ1) is 9.79. The molecule has 0 saturated heterocycles. The molecule has 5 nitrogen and oxygen atoms in total. The Morgan fingerprint density at radius 2 is 2.15 bits per heavy atom. The molecule has 0 fully saturated rings. The number of hydrogen-bond acceptors (Lipinski definition) is 6. The van der Waals surface area contributed by atoms with Gasteiger partial charge in [0.2, 0.25) is 0 Å². The van der Waals surface area contributed by atoms with Crippen molar-refractivity contribution in [2.45, 2.75) is 13.1 Å². The van der Waals surface area contributed by atoms with Crippen LogP contribution in [0.1, 0.15) is 11.3 Å². The number of methoxy groups -OCH3 is 1. The van der Waals surface area contributed by atoms with Gasteiger partial charge in [0.05, 0.1) is 12.3 Å². The largest absolute Gasteiger partial charge is 0.383 e. The molecule has 0 aliphatic heterocycles. The lowest BCUT2D eigenvalue weighted by molar-refractivity contribution is 0.199. The Bertz CT molecular complexity index is 503. The van der Waals surface area contributed by atoms with Gasteiger partial charge < -0.3 is 15.0 Å². The summed E-state index contributed by atoms with van der Waals surface area (Å²) < 4.78 is 5.00. The van der Waals surface area contributed by atoms with Crippen molar-refractivity contribution in [2.75, 3.05) is 32.2 Å². The third kappa shape index (κ3) is 4.56. The summed E-state index contributed by atoms with van der Waals surface area (Å²) in [4.78, 5) is 10.8. The second-order valence-corrected chi connectivity index (χ2v) is 5.34. The zero-order valence-electron chi connectivity index (χ0n) is 11.9. The summed E-state index contributed by atoms with van der Waals surface area (Å²) in [7, 11) is 3.76. The molecule has 0 saturated carbocycles. The van der Waals surface area contributed by atoms with E-state index in [1.165, 1.54) is 5.56 Å². The van der Waals surface area contributed by atoms with Crippen LogP contribution in [-0.2, 0) is 17.8 Å². The van der Waals surface area contributed by atoms with Crippen LogP contribution >= 0.6 is 11.3 Å². The number of aromatic nitrogens is 2. The fraction of sp³-hybridized carbons (Fsp3) is 0.429. The van der Waals surface area contributed by atoms with Crippen LogP contribution in [0.3, 0.4) is 0 Å². The Morgan fingerprint density at radius 3 is 2.90 bits per heavy atom. The van der Waals surface area contributed by atoms with Crippen molar-refractivity contribution in [1.29, 1.82) is 0 Å². The Morgan fingerprint density at radius 1 is 1.35 bits per heavy atom. The summed E-state index contributed by atoms with van der Waals surface area (Å²) in [5, 5.41) is 6.43. The molecule has 2 aromatic heterocycles. The van der Waals surface area contributed by atoms with E-state index in [1.807, 2.05) is 24.5 Å². The molecule has 1 N–H and O–H groups in total. The maximum absolute atomic E-state index is 5.00. The molecule has 2 heterocycles. The average Bonchev–Trinajstić information content (AvgIpc) is 2.94. The second-order valence-electron chi connectivity index (χ2n) is 4.50. The summed E-state index contributed by atoms with van der Waals surface area (Å²) in [5.41, 5.74) is 2.31. The fourth-order valence-corrected chi connectivity index (χ4v) is 2.57. The van der Waals surface area contributed by atoms with Gasteiger partial charge in [-0.25, -0.2) is 4.98 Å². The van der Waals surface area contributed by atoms with Gasteiger partial charge in [-0.05, 0) is 17.7 Å². The topological polar surface area (TPSA) is 50.3 Å². The number of nitrogens with zero attached hydrogens (tertiary/aromatic N) is 3. The molecule has 108 valence electrons. The number of thiazole rings is 1. The van der Waals surface area contributed by atoms with Crippen LogP contribution < -0.4 is 10.2 Å². The first-order valence-electron chi connectivity index (χ1n) is 6.53. The minimum Gasteiger partial charge on any atom is -0.383 e. The van der Waals surface area contributed by atoms with Crippen LogP contribution in [-0.4, -0.2) is 37.3 Å². The summed E-state index contributed by atoms with van der Waals surface area (Å²) in [6.07, 6.45) is 3.63. The molecular formula is C14H20N4OS. The van der Waals surface area contributed by atoms with Gasteiger partial charge in [0, 0.05) is 51.6 Å². The lowest BCUT2D eigenvalue weighted by atomic mass is 10.2. The SMILES string of the molecule is COCCNCc1csc(N(C)Cc2ccncc2)n1. The molecule has 0 aromatic carbocycles. The van der Waals surface area contributed by atoms with Crippen molar-refractivity contribution in [1.82, 2.24) is 15.3 Å². The zero-order valence-corrected chi connectivity index (χ0v) is 12.7. The van der Waals surface area contributed by atoms with E-state index in [1.54, 1.807) is 18.4 Å². The van der Waals surface area contributed by atoms with Crippen molar-refractivity contribution < 1.29 is 4.74 Å². The van der Waals surface area contributed by atoms with E-state index in [9.17, 15) is 0 Å². The Balaban J connectivity index is 1.84. The fourth-order valence-electron chi connectivity index (χ4n) is 1.77. The predicted molar refractivity (Wildman–Crippen MR) is 82.0 cm³/mol. The predicted octanol–water partition coefficient (Wildman–Crippen LogP) is 1.91. The van der Waals surface area contributed by atoms with Crippen LogP contribution in [0.4, 0.5) is 5.13 Å². The van der Waals surface area contributed by atoms with Crippen LogP contribution in [0, 0.1) is 0 Å². The normalized spacial score (nSPS) is 10.7. The highest BCUT2D eigenvalue weighted by Gasteiger charge is 2.07. The van der Waals surface area contributed by atoms with E-state index < -0.39 is 0 Å². The molecule has 0 unspecified atom stereocenters. The van der Waals surface area contributed by atoms with E-state index in [4.69, 9.17) is 4.74 Å². The minimum atomic E-state index is 0.721. The third-order valence-electron chi connectivity index (χ3n) is 2.82. The number of ether oxygens (including phenoxy) is 1. The highest BCUT2D eigenvalue weighted by Crippen LogP contribution is 2.20. The first kappa shape index (κ1) is 14.9. The molecule has 0 aliphatic carbocycles. The smallest absolute Gasteiger partial charge is 0.185 e. The van der Waals surface area contributed by atoms with Crippen LogP contribution in [0.25, 0.3) is 0 Å². The number of nitrogens with one attached hydrogen (secondary N) is 1. The molecular weight excluding hydrogens is 272 g/mol. The van der Waals surface area contributed by atoms with Gasteiger partial charge in [-0.3, -0.25) is 4.98 Å². The number of hydrogen-bond donors (Lipinski definition) is 1. The summed E-state index contributed by atoms with van der Waals surface area (Å²) >= 11 is 1.67. The minimum absolute atomic E-state index is 0.721. The zero-order chi connectivity index (χ0) is 14.2. The van der Waals surface area contributed by atoms with E-state index in [0.717, 1.165) is 37.1 Å². The molecule has 0 spiro atoms. The number of pyridine rings is 1. The van der Waals surface area contributed by atoms with E-state index in [0.29, 0.717) is 0 Å². The standard InChI is InChI=1S/C14H20N4OS/c1-18(10-12-3-5-15-6-4-12)14-17-13(11-20-14)9-16-7-8-19-2/h3-6,11,16H,7-10H2,1-2H3. The van der Waals surface area contributed by atoms with Crippen molar-refractivity contribution in [2.24, 2.45) is 0 Å². The second kappa shape index (κ2) is 7.94. The van der Waals surface area contributed by atoms with Crippen molar-refractivity contribution in [3.63, 3.8) is 0 Å². The van der Waals surface area contributed by atoms with Gasteiger partial charge in [0.15, 0.2) is 5.13 Å². The maximum Gasteiger partial charge on any atom is 0.185 e. The van der Waals surface area contributed by atoms with E-state index in [2.05, 4.69) is 32.6 Å². The molecule has 6 heteroatoms. The molecule has 2 rings (SSSR count). The molecule has 0 atom stereocenters. The van der Waals surface area contributed by atoms with Crippen LogP contribution in [0.2, 0.25) is 0 Å². The molecule has 2 aromatic rings. The van der Waals surface area contributed by atoms with Crippen molar-refractivity contribution >= 4 is 16.5 Å². The van der Waals surface area contributed by atoms with E-state index in [-0.39, 0.29) is 0 Å². The monoisotopic (exact) mass is 292 g/mol. The summed E-state index contributed by atoms with van der Waals surface area (Å²) in [5.74, 6) is 0. The Hall–Kier alpha value is -1.50. The molecule has 0 radical (unpaired) electrons. The molecule has 0 amide bonds. The Kier molecular flexibility index (Phi) is 5.91. The van der Waals surface area contributed by atoms with E-state index >= 15 is 0 Å². The van der Waals surface area contributed by atoms with Gasteiger partial charge in [-0.2, -0.15) is 0 Å². The van der Waals surface area contributed by atoms with Gasteiger partial charge in [-0.1, -0.05) is 0 Å². The Labute approximate surface area is 123 Å². The van der Waals surface area contributed by atoms with Crippen molar-refractivity contribution in [3.05, 3.63) is 41.2 Å². The van der Waals surface area contributed by atoms with Gasteiger partial charge in [-0.15, -0.1) is 11.3 Å². The summed E-state index contributed by atoms with van der Waals surface area (Å²) in [6, 6.07) is 4.05. The molecule has 0 bridgehead atoms. The first-order valence-corrected chi connectivity index (χ1v) is 7.41. The third-order valence-corrected chi connectivity index (χ3v) is 3.83. The van der Waals surface area contributed by atoms with Crippen LogP contribution in [0.15, 0.2) is 29.9 Å². The lowest BCUT2D eigenvalue weighted by Crippen LogP contribution is -2.19. The maximum atomic E-state index is 5.00. The highest BCUT2D eigenvalue weighted by molar-refractivity contribution is 7.13. The van der Waals surface area contributed by atoms with Crippen LogP contribution in [0.5, 0.6) is 0 Å². The molecule has 20 heavy (non-hydrogen) atoms. The van der Waals surface area contributed by atoms with Crippen molar-refractivity contribution in [3.8, 4) is 0 Å². The number of anilines is 1. The highest BCUT2D eigenvalue weighted by atomic mass is 32.1. The quantitative estimate of drug-likeness (QED) is 0.753. The van der Waals surface area contributed by atoms with Gasteiger partial charge >= 0.3 is 0 Å².